The topological polar surface area (TPSA) is 95.5 Å². The SMILES string of the molecule is COc1ccc(NC(=O)CC2N=C(N3CCN(c4ccc(OC)cc4)CC3)NC2=O)cc1. The van der Waals surface area contributed by atoms with Gasteiger partial charge in [0.05, 0.1) is 20.6 Å². The van der Waals surface area contributed by atoms with E-state index < -0.39 is 6.04 Å². The second-order valence-corrected chi connectivity index (χ2v) is 7.61. The van der Waals surface area contributed by atoms with E-state index in [2.05, 4.69) is 25.4 Å². The minimum atomic E-state index is -0.720. The Hall–Kier alpha value is -3.75. The van der Waals surface area contributed by atoms with Crippen LogP contribution >= 0.6 is 0 Å². The highest BCUT2D eigenvalue weighted by Gasteiger charge is 2.32. The van der Waals surface area contributed by atoms with E-state index in [1.54, 1.807) is 38.5 Å². The van der Waals surface area contributed by atoms with Crippen LogP contribution in [0.4, 0.5) is 11.4 Å². The van der Waals surface area contributed by atoms with E-state index >= 15 is 0 Å². The number of nitrogens with one attached hydrogen (secondary N) is 2. The first kappa shape index (κ1) is 21.5. The number of carbonyl (C=O) groups excluding carboxylic acids is 2. The van der Waals surface area contributed by atoms with Crippen molar-refractivity contribution in [1.29, 1.82) is 0 Å². The average molecular weight is 438 g/mol. The second kappa shape index (κ2) is 9.59. The van der Waals surface area contributed by atoms with Crippen molar-refractivity contribution in [3.63, 3.8) is 0 Å². The largest absolute Gasteiger partial charge is 0.497 e. The summed E-state index contributed by atoms with van der Waals surface area (Å²) in [7, 11) is 3.24. The molecule has 2 aromatic rings. The van der Waals surface area contributed by atoms with Crippen molar-refractivity contribution < 1.29 is 19.1 Å². The maximum absolute atomic E-state index is 12.4. The zero-order valence-electron chi connectivity index (χ0n) is 18.2. The molecule has 2 heterocycles. The Kier molecular flexibility index (Phi) is 6.44. The van der Waals surface area contributed by atoms with Crippen molar-refractivity contribution in [3.8, 4) is 11.5 Å². The Morgan fingerprint density at radius 3 is 2.12 bits per heavy atom. The zero-order valence-corrected chi connectivity index (χ0v) is 18.2. The third kappa shape index (κ3) is 4.93. The number of aliphatic imine (C=N–C) groups is 1. The number of nitrogens with zero attached hydrogens (tertiary/aromatic N) is 3. The minimum absolute atomic E-state index is 0.00677. The van der Waals surface area contributed by atoms with Gasteiger partial charge in [0.2, 0.25) is 11.9 Å². The second-order valence-electron chi connectivity index (χ2n) is 7.61. The molecule has 168 valence electrons. The average Bonchev–Trinajstić information content (AvgIpc) is 3.19. The maximum Gasteiger partial charge on any atom is 0.252 e. The van der Waals surface area contributed by atoms with E-state index in [9.17, 15) is 9.59 Å². The number of piperazine rings is 1. The van der Waals surface area contributed by atoms with Crippen LogP contribution in [0.1, 0.15) is 6.42 Å². The van der Waals surface area contributed by atoms with Crippen LogP contribution < -0.4 is 25.0 Å². The first-order chi connectivity index (χ1) is 15.6. The summed E-state index contributed by atoms with van der Waals surface area (Å²) in [5, 5.41) is 5.63. The van der Waals surface area contributed by atoms with Gasteiger partial charge < -0.3 is 24.6 Å². The van der Waals surface area contributed by atoms with Gasteiger partial charge in [0.25, 0.3) is 5.91 Å². The van der Waals surface area contributed by atoms with Gasteiger partial charge >= 0.3 is 0 Å². The highest BCUT2D eigenvalue weighted by Crippen LogP contribution is 2.21. The van der Waals surface area contributed by atoms with Crippen LogP contribution in [0.3, 0.4) is 0 Å². The Morgan fingerprint density at radius 1 is 0.969 bits per heavy atom. The van der Waals surface area contributed by atoms with Crippen LogP contribution in [-0.4, -0.2) is 69.1 Å². The maximum atomic E-state index is 12.4. The number of benzene rings is 2. The third-order valence-corrected chi connectivity index (χ3v) is 5.59. The van der Waals surface area contributed by atoms with Gasteiger partial charge in [0, 0.05) is 37.6 Å². The fourth-order valence-electron chi connectivity index (χ4n) is 3.76. The lowest BCUT2D eigenvalue weighted by Gasteiger charge is -2.36. The Balaban J connectivity index is 1.30. The van der Waals surface area contributed by atoms with Gasteiger partial charge in [-0.15, -0.1) is 0 Å². The molecule has 2 aliphatic heterocycles. The highest BCUT2D eigenvalue weighted by molar-refractivity contribution is 6.07. The first-order valence-corrected chi connectivity index (χ1v) is 10.5. The fraction of sp³-hybridized carbons (Fsp3) is 0.348. The van der Waals surface area contributed by atoms with Crippen molar-refractivity contribution >= 4 is 29.1 Å². The number of hydrogen-bond donors (Lipinski definition) is 2. The number of ether oxygens (including phenoxy) is 2. The Morgan fingerprint density at radius 2 is 1.53 bits per heavy atom. The molecule has 1 unspecified atom stereocenters. The van der Waals surface area contributed by atoms with Crippen LogP contribution in [-0.2, 0) is 9.59 Å². The quantitative estimate of drug-likeness (QED) is 0.715. The van der Waals surface area contributed by atoms with Gasteiger partial charge in [-0.1, -0.05) is 0 Å². The number of methoxy groups -OCH3 is 2. The number of carbonyl (C=O) groups is 2. The van der Waals surface area contributed by atoms with E-state index in [1.165, 1.54) is 0 Å². The lowest BCUT2D eigenvalue weighted by Crippen LogP contribution is -2.52. The van der Waals surface area contributed by atoms with Crippen LogP contribution in [0.15, 0.2) is 53.5 Å². The molecule has 0 aromatic heterocycles. The van der Waals surface area contributed by atoms with Crippen molar-refractivity contribution in [1.82, 2.24) is 10.2 Å². The summed E-state index contributed by atoms with van der Waals surface area (Å²) in [5.41, 5.74) is 1.78. The number of rotatable bonds is 6. The van der Waals surface area contributed by atoms with Gasteiger partial charge in [0.15, 0.2) is 0 Å². The normalized spacial score (nSPS) is 18.1. The predicted molar refractivity (Wildman–Crippen MR) is 122 cm³/mol. The number of anilines is 2. The molecule has 4 rings (SSSR count). The standard InChI is InChI=1S/C23H27N5O4/c1-31-18-7-3-16(4-8-18)24-21(29)15-20-22(30)26-23(25-20)28-13-11-27(12-14-28)17-5-9-19(32-2)10-6-17/h3-10,20H,11-15H2,1-2H3,(H,24,29)(H,25,26,30). The molecular weight excluding hydrogens is 410 g/mol. The van der Waals surface area contributed by atoms with Gasteiger partial charge in [-0.2, -0.15) is 0 Å². The summed E-state index contributed by atoms with van der Waals surface area (Å²) < 4.78 is 10.3. The zero-order chi connectivity index (χ0) is 22.5. The predicted octanol–water partition coefficient (Wildman–Crippen LogP) is 1.71. The molecule has 0 bridgehead atoms. The summed E-state index contributed by atoms with van der Waals surface area (Å²) in [4.78, 5) is 33.6. The van der Waals surface area contributed by atoms with Gasteiger partial charge in [0.1, 0.15) is 17.5 Å². The Bertz CT molecular complexity index is 982. The van der Waals surface area contributed by atoms with Gasteiger partial charge in [-0.25, -0.2) is 4.99 Å². The molecule has 9 nitrogen and oxygen atoms in total. The van der Waals surface area contributed by atoms with Gasteiger partial charge in [-0.3, -0.25) is 14.9 Å². The minimum Gasteiger partial charge on any atom is -0.497 e. The highest BCUT2D eigenvalue weighted by atomic mass is 16.5. The molecule has 2 aromatic carbocycles. The number of hydrogen-bond acceptors (Lipinski definition) is 7. The van der Waals surface area contributed by atoms with E-state index in [1.807, 2.05) is 24.3 Å². The van der Waals surface area contributed by atoms with Crippen molar-refractivity contribution in [2.24, 2.45) is 4.99 Å². The molecule has 1 atom stereocenters. The van der Waals surface area contributed by atoms with Crippen molar-refractivity contribution in [3.05, 3.63) is 48.5 Å². The molecule has 1 saturated heterocycles. The molecule has 0 saturated carbocycles. The lowest BCUT2D eigenvalue weighted by molar-refractivity contribution is -0.123. The lowest BCUT2D eigenvalue weighted by atomic mass is 10.2. The third-order valence-electron chi connectivity index (χ3n) is 5.59. The summed E-state index contributed by atoms with van der Waals surface area (Å²) in [6.07, 6.45) is -0.00677. The summed E-state index contributed by atoms with van der Waals surface area (Å²) in [6, 6.07) is 14.3. The molecule has 9 heteroatoms. The first-order valence-electron chi connectivity index (χ1n) is 10.5. The molecule has 2 aliphatic rings. The summed E-state index contributed by atoms with van der Waals surface area (Å²) in [5.74, 6) is 1.58. The van der Waals surface area contributed by atoms with Crippen LogP contribution in [0.5, 0.6) is 11.5 Å². The number of amides is 2. The Labute approximate surface area is 187 Å². The van der Waals surface area contributed by atoms with Crippen LogP contribution in [0.2, 0.25) is 0 Å². The van der Waals surface area contributed by atoms with E-state index in [-0.39, 0.29) is 18.2 Å². The molecule has 0 aliphatic carbocycles. The molecular formula is C23H27N5O4. The van der Waals surface area contributed by atoms with Crippen molar-refractivity contribution in [2.45, 2.75) is 12.5 Å². The molecule has 2 N–H and O–H groups in total. The van der Waals surface area contributed by atoms with E-state index in [4.69, 9.17) is 9.47 Å². The summed E-state index contributed by atoms with van der Waals surface area (Å²) >= 11 is 0. The molecule has 0 spiro atoms. The number of guanidine groups is 1. The van der Waals surface area contributed by atoms with E-state index in [0.717, 1.165) is 37.6 Å². The molecule has 2 amide bonds. The van der Waals surface area contributed by atoms with Crippen LogP contribution in [0, 0.1) is 0 Å². The van der Waals surface area contributed by atoms with E-state index in [0.29, 0.717) is 17.4 Å². The summed E-state index contributed by atoms with van der Waals surface area (Å²) in [6.45, 7) is 3.08. The van der Waals surface area contributed by atoms with Crippen molar-refractivity contribution in [2.75, 3.05) is 50.6 Å². The fourth-order valence-corrected chi connectivity index (χ4v) is 3.76. The molecule has 32 heavy (non-hydrogen) atoms. The van der Waals surface area contributed by atoms with Crippen LogP contribution in [0.25, 0.3) is 0 Å². The smallest absolute Gasteiger partial charge is 0.252 e. The molecule has 0 radical (unpaired) electrons. The molecule has 1 fully saturated rings. The van der Waals surface area contributed by atoms with Gasteiger partial charge in [-0.05, 0) is 48.5 Å². The monoisotopic (exact) mass is 437 g/mol.